The second-order valence-corrected chi connectivity index (χ2v) is 3.06. The van der Waals surface area contributed by atoms with Crippen molar-refractivity contribution in [1.82, 2.24) is 4.98 Å². The lowest BCUT2D eigenvalue weighted by Crippen LogP contribution is -1.73. The van der Waals surface area contributed by atoms with Crippen LogP contribution in [0.25, 0.3) is 10.9 Å². The minimum absolute atomic E-state index is 0.176. The molecule has 0 atom stereocenters. The van der Waals surface area contributed by atoms with Crippen LogP contribution < -0.4 is 0 Å². The van der Waals surface area contributed by atoms with E-state index < -0.39 is 0 Å². The molecule has 0 spiro atoms. The largest absolute Gasteiger partial charge is 0.358 e. The Kier molecular flexibility index (Phi) is 1.43. The normalized spacial score (nSPS) is 10.9. The van der Waals surface area contributed by atoms with Gasteiger partial charge >= 0.3 is 0 Å². The maximum atomic E-state index is 12.8. The maximum Gasteiger partial charge on any atom is 0.123 e. The molecule has 0 aliphatic heterocycles. The summed E-state index contributed by atoms with van der Waals surface area (Å²) in [5.74, 6) is -0.176. The molecule has 1 aromatic heterocycles. The number of rotatable bonds is 0. The monoisotopic (exact) mass is 163 g/mol. The van der Waals surface area contributed by atoms with Crippen LogP contribution in [0, 0.1) is 19.7 Å². The third kappa shape index (κ3) is 0.916. The molecule has 0 radical (unpaired) electrons. The number of fused-ring (bicyclic) bond motifs is 1. The Bertz CT molecular complexity index is 429. The molecule has 2 heteroatoms. The fourth-order valence-electron chi connectivity index (χ4n) is 1.43. The van der Waals surface area contributed by atoms with Crippen LogP contribution >= 0.6 is 0 Å². The van der Waals surface area contributed by atoms with Gasteiger partial charge in [-0.25, -0.2) is 4.39 Å². The van der Waals surface area contributed by atoms with Crippen LogP contribution in [0.3, 0.4) is 0 Å². The maximum absolute atomic E-state index is 12.8. The molecular formula is C10H10FN. The molecular weight excluding hydrogens is 153 g/mol. The second-order valence-electron chi connectivity index (χ2n) is 3.06. The fraction of sp³-hybridized carbons (Fsp3) is 0.200. The van der Waals surface area contributed by atoms with Crippen molar-refractivity contribution < 1.29 is 4.39 Å². The van der Waals surface area contributed by atoms with Gasteiger partial charge in [-0.1, -0.05) is 0 Å². The zero-order valence-corrected chi connectivity index (χ0v) is 7.11. The Balaban J connectivity index is 2.88. The molecule has 0 saturated heterocycles. The van der Waals surface area contributed by atoms with Gasteiger partial charge in [-0.05, 0) is 37.6 Å². The highest BCUT2D eigenvalue weighted by Gasteiger charge is 2.03. The average Bonchev–Trinajstić information content (AvgIpc) is 2.31. The summed E-state index contributed by atoms with van der Waals surface area (Å²) in [6.07, 6.45) is 0. The van der Waals surface area contributed by atoms with E-state index in [0.717, 1.165) is 22.2 Å². The topological polar surface area (TPSA) is 15.8 Å². The second kappa shape index (κ2) is 2.34. The van der Waals surface area contributed by atoms with E-state index in [4.69, 9.17) is 0 Å². The molecule has 1 heterocycles. The Labute approximate surface area is 70.2 Å². The third-order valence-electron chi connectivity index (χ3n) is 2.27. The summed E-state index contributed by atoms with van der Waals surface area (Å²) in [5, 5.41) is 0.979. The van der Waals surface area contributed by atoms with Crippen LogP contribution in [-0.2, 0) is 0 Å². The third-order valence-corrected chi connectivity index (χ3v) is 2.27. The van der Waals surface area contributed by atoms with E-state index in [2.05, 4.69) is 4.98 Å². The number of hydrogen-bond acceptors (Lipinski definition) is 0. The van der Waals surface area contributed by atoms with E-state index in [1.54, 1.807) is 12.1 Å². The van der Waals surface area contributed by atoms with Gasteiger partial charge in [-0.3, -0.25) is 0 Å². The molecule has 0 aliphatic carbocycles. The van der Waals surface area contributed by atoms with Crippen molar-refractivity contribution in [3.05, 3.63) is 35.3 Å². The first-order valence-electron chi connectivity index (χ1n) is 3.93. The first-order chi connectivity index (χ1) is 5.68. The highest BCUT2D eigenvalue weighted by atomic mass is 19.1. The van der Waals surface area contributed by atoms with Crippen molar-refractivity contribution in [3.8, 4) is 0 Å². The Morgan fingerprint density at radius 3 is 2.75 bits per heavy atom. The first kappa shape index (κ1) is 7.35. The van der Waals surface area contributed by atoms with E-state index >= 15 is 0 Å². The van der Waals surface area contributed by atoms with Gasteiger partial charge in [0.2, 0.25) is 0 Å². The molecule has 0 amide bonds. The highest BCUT2D eigenvalue weighted by Crippen LogP contribution is 2.21. The number of H-pyrrole nitrogens is 1. The van der Waals surface area contributed by atoms with Crippen LogP contribution in [0.5, 0.6) is 0 Å². The smallest absolute Gasteiger partial charge is 0.123 e. The van der Waals surface area contributed by atoms with Crippen molar-refractivity contribution in [3.63, 3.8) is 0 Å². The lowest BCUT2D eigenvalue weighted by Gasteiger charge is -1.90. The summed E-state index contributed by atoms with van der Waals surface area (Å²) in [7, 11) is 0. The predicted molar refractivity (Wildman–Crippen MR) is 47.7 cm³/mol. The number of hydrogen-bond donors (Lipinski definition) is 1. The predicted octanol–water partition coefficient (Wildman–Crippen LogP) is 2.92. The van der Waals surface area contributed by atoms with Crippen molar-refractivity contribution in [2.24, 2.45) is 0 Å². The van der Waals surface area contributed by atoms with E-state index in [1.807, 2.05) is 13.8 Å². The van der Waals surface area contributed by atoms with Crippen molar-refractivity contribution in [2.75, 3.05) is 0 Å². The number of aryl methyl sites for hydroxylation is 2. The van der Waals surface area contributed by atoms with Gasteiger partial charge in [0, 0.05) is 16.6 Å². The van der Waals surface area contributed by atoms with Gasteiger partial charge in [0.1, 0.15) is 5.82 Å². The van der Waals surface area contributed by atoms with Gasteiger partial charge in [0.05, 0.1) is 0 Å². The summed E-state index contributed by atoms with van der Waals surface area (Å²) in [5.41, 5.74) is 3.24. The quantitative estimate of drug-likeness (QED) is 0.614. The fourth-order valence-corrected chi connectivity index (χ4v) is 1.43. The van der Waals surface area contributed by atoms with Crippen LogP contribution in [-0.4, -0.2) is 4.98 Å². The first-order valence-corrected chi connectivity index (χ1v) is 3.93. The summed E-state index contributed by atoms with van der Waals surface area (Å²) in [4.78, 5) is 3.19. The lowest BCUT2D eigenvalue weighted by molar-refractivity contribution is 0.629. The molecule has 2 rings (SSSR count). The van der Waals surface area contributed by atoms with E-state index in [9.17, 15) is 4.39 Å². The molecule has 0 aliphatic rings. The molecule has 62 valence electrons. The van der Waals surface area contributed by atoms with Crippen molar-refractivity contribution >= 4 is 10.9 Å². The Morgan fingerprint density at radius 1 is 1.25 bits per heavy atom. The summed E-state index contributed by atoms with van der Waals surface area (Å²) in [6.45, 7) is 3.99. The van der Waals surface area contributed by atoms with Gasteiger partial charge in [0.25, 0.3) is 0 Å². The Morgan fingerprint density at radius 2 is 2.00 bits per heavy atom. The molecule has 0 saturated carbocycles. The number of nitrogens with one attached hydrogen (secondary N) is 1. The standard InChI is InChI=1S/C10H10FN/c1-6-7(2)12-10-4-3-8(11)5-9(6)10/h3-5,12H,1-2H3. The molecule has 0 unspecified atom stereocenters. The van der Waals surface area contributed by atoms with Crippen LogP contribution in [0.4, 0.5) is 4.39 Å². The van der Waals surface area contributed by atoms with Gasteiger partial charge < -0.3 is 4.98 Å². The molecule has 1 nitrogen and oxygen atoms in total. The van der Waals surface area contributed by atoms with E-state index in [0.29, 0.717) is 0 Å². The summed E-state index contributed by atoms with van der Waals surface area (Å²) >= 11 is 0. The number of halogens is 1. The van der Waals surface area contributed by atoms with Crippen molar-refractivity contribution in [2.45, 2.75) is 13.8 Å². The summed E-state index contributed by atoms with van der Waals surface area (Å²) < 4.78 is 12.8. The average molecular weight is 163 g/mol. The zero-order valence-electron chi connectivity index (χ0n) is 7.11. The van der Waals surface area contributed by atoms with E-state index in [1.165, 1.54) is 6.07 Å². The zero-order chi connectivity index (χ0) is 8.72. The lowest BCUT2D eigenvalue weighted by atomic mass is 10.1. The minimum atomic E-state index is -0.176. The number of aromatic nitrogens is 1. The number of benzene rings is 1. The molecule has 1 N–H and O–H groups in total. The SMILES string of the molecule is Cc1[nH]c2ccc(F)cc2c1C. The van der Waals surface area contributed by atoms with Crippen molar-refractivity contribution in [1.29, 1.82) is 0 Å². The Hall–Kier alpha value is -1.31. The van der Waals surface area contributed by atoms with E-state index in [-0.39, 0.29) is 5.82 Å². The molecule has 1 aromatic carbocycles. The molecule has 12 heavy (non-hydrogen) atoms. The molecule has 0 fully saturated rings. The van der Waals surface area contributed by atoms with Crippen LogP contribution in [0.15, 0.2) is 18.2 Å². The number of aromatic amines is 1. The summed E-state index contributed by atoms with van der Waals surface area (Å²) in [6, 6.07) is 4.80. The van der Waals surface area contributed by atoms with Crippen LogP contribution in [0.2, 0.25) is 0 Å². The van der Waals surface area contributed by atoms with Crippen LogP contribution in [0.1, 0.15) is 11.3 Å². The molecule has 0 bridgehead atoms. The van der Waals surface area contributed by atoms with Gasteiger partial charge in [0.15, 0.2) is 0 Å². The van der Waals surface area contributed by atoms with Gasteiger partial charge in [-0.2, -0.15) is 0 Å². The minimum Gasteiger partial charge on any atom is -0.358 e. The van der Waals surface area contributed by atoms with Gasteiger partial charge in [-0.15, -0.1) is 0 Å². The highest BCUT2D eigenvalue weighted by molar-refractivity contribution is 5.84. The molecule has 2 aromatic rings.